The molecular formula is C26H31N5O3S. The number of nitrogens with zero attached hydrogens (tertiary/aromatic N) is 3. The second-order valence-electron chi connectivity index (χ2n) is 9.24. The number of amides is 1. The highest BCUT2D eigenvalue weighted by molar-refractivity contribution is 7.92. The van der Waals surface area contributed by atoms with E-state index in [-0.39, 0.29) is 16.8 Å². The number of carbonyl (C=O) groups excluding carboxylic acids is 1. The largest absolute Gasteiger partial charge is 0.322 e. The minimum absolute atomic E-state index is 0.0260. The molecular weight excluding hydrogens is 462 g/mol. The van der Waals surface area contributed by atoms with Crippen LogP contribution in [0.5, 0.6) is 0 Å². The summed E-state index contributed by atoms with van der Waals surface area (Å²) in [5.41, 5.74) is 3.57. The number of rotatable bonds is 7. The van der Waals surface area contributed by atoms with Crippen molar-refractivity contribution in [1.82, 2.24) is 14.9 Å². The van der Waals surface area contributed by atoms with Gasteiger partial charge in [0, 0.05) is 35.7 Å². The Kier molecular flexibility index (Phi) is 7.47. The van der Waals surface area contributed by atoms with Gasteiger partial charge in [-0.2, -0.15) is 0 Å². The summed E-state index contributed by atoms with van der Waals surface area (Å²) in [6.45, 7) is 8.95. The zero-order valence-electron chi connectivity index (χ0n) is 20.3. The van der Waals surface area contributed by atoms with Crippen molar-refractivity contribution in [3.63, 3.8) is 0 Å². The summed E-state index contributed by atoms with van der Waals surface area (Å²) in [5.74, 6) is 0.504. The predicted molar refractivity (Wildman–Crippen MR) is 137 cm³/mol. The van der Waals surface area contributed by atoms with Crippen LogP contribution in [-0.2, 0) is 16.6 Å². The van der Waals surface area contributed by atoms with Crippen molar-refractivity contribution >= 4 is 27.6 Å². The van der Waals surface area contributed by atoms with Crippen molar-refractivity contribution in [2.45, 2.75) is 45.1 Å². The summed E-state index contributed by atoms with van der Waals surface area (Å²) in [6.07, 6.45) is 2.52. The molecule has 2 heterocycles. The van der Waals surface area contributed by atoms with E-state index in [1.54, 1.807) is 32.0 Å². The van der Waals surface area contributed by atoms with E-state index in [9.17, 15) is 13.2 Å². The summed E-state index contributed by atoms with van der Waals surface area (Å²) >= 11 is 0. The van der Waals surface area contributed by atoms with Crippen LogP contribution in [0.25, 0.3) is 0 Å². The number of nitrogens with one attached hydrogen (secondary N) is 2. The molecule has 1 aliphatic rings. The Morgan fingerprint density at radius 1 is 1.03 bits per heavy atom. The number of anilines is 2. The van der Waals surface area contributed by atoms with Crippen molar-refractivity contribution in [1.29, 1.82) is 0 Å². The Morgan fingerprint density at radius 2 is 1.69 bits per heavy atom. The van der Waals surface area contributed by atoms with Crippen LogP contribution < -0.4 is 10.0 Å². The minimum Gasteiger partial charge on any atom is -0.322 e. The monoisotopic (exact) mass is 493 g/mol. The lowest BCUT2D eigenvalue weighted by Crippen LogP contribution is -2.33. The molecule has 2 N–H and O–H groups in total. The number of carbonyl (C=O) groups is 1. The van der Waals surface area contributed by atoms with Crippen LogP contribution in [0, 0.1) is 19.8 Å². The lowest BCUT2D eigenvalue weighted by Gasteiger charge is -2.30. The summed E-state index contributed by atoms with van der Waals surface area (Å²) < 4.78 is 27.8. The second kappa shape index (κ2) is 10.5. The fraction of sp³-hybridized carbons (Fsp3) is 0.346. The third-order valence-electron chi connectivity index (χ3n) is 5.99. The maximum Gasteiger partial charge on any atom is 0.264 e. The van der Waals surface area contributed by atoms with Gasteiger partial charge >= 0.3 is 0 Å². The number of aromatic nitrogens is 2. The molecule has 9 heteroatoms. The molecule has 1 saturated heterocycles. The van der Waals surface area contributed by atoms with Gasteiger partial charge in [-0.25, -0.2) is 23.1 Å². The van der Waals surface area contributed by atoms with Gasteiger partial charge in [-0.3, -0.25) is 9.69 Å². The molecule has 2 aromatic carbocycles. The SMILES string of the molecule is Cc1cc(C)nc(NS(=O)(=O)c2ccc(NC(=O)c3ccc(CN4CCC[C@@H](C)C4)cc3)cc2)n1. The maximum atomic E-state index is 12.7. The van der Waals surface area contributed by atoms with E-state index in [0.717, 1.165) is 25.6 Å². The van der Waals surface area contributed by atoms with Gasteiger partial charge in [0.1, 0.15) is 0 Å². The number of sulfonamides is 1. The van der Waals surface area contributed by atoms with Gasteiger partial charge in [-0.15, -0.1) is 0 Å². The molecule has 0 spiro atoms. The predicted octanol–water partition coefficient (Wildman–Crippen LogP) is 4.38. The lowest BCUT2D eigenvalue weighted by molar-refractivity contribution is 0.102. The molecule has 3 aromatic rings. The van der Waals surface area contributed by atoms with Crippen molar-refractivity contribution in [2.24, 2.45) is 5.92 Å². The molecule has 1 fully saturated rings. The average molecular weight is 494 g/mol. The molecule has 184 valence electrons. The Morgan fingerprint density at radius 3 is 2.31 bits per heavy atom. The molecule has 1 aromatic heterocycles. The van der Waals surface area contributed by atoms with Gasteiger partial charge in [0.15, 0.2) is 0 Å². The third-order valence-corrected chi connectivity index (χ3v) is 7.34. The first-order valence-corrected chi connectivity index (χ1v) is 13.2. The van der Waals surface area contributed by atoms with Crippen molar-refractivity contribution < 1.29 is 13.2 Å². The molecule has 0 unspecified atom stereocenters. The molecule has 0 saturated carbocycles. The van der Waals surface area contributed by atoms with Crippen LogP contribution >= 0.6 is 0 Å². The van der Waals surface area contributed by atoms with Gasteiger partial charge in [0.25, 0.3) is 15.9 Å². The number of piperidine rings is 1. The van der Waals surface area contributed by atoms with Gasteiger partial charge in [-0.1, -0.05) is 19.1 Å². The van der Waals surface area contributed by atoms with Gasteiger partial charge < -0.3 is 5.32 Å². The zero-order chi connectivity index (χ0) is 25.0. The highest BCUT2D eigenvalue weighted by Crippen LogP contribution is 2.20. The van der Waals surface area contributed by atoms with E-state index in [1.165, 1.54) is 30.5 Å². The van der Waals surface area contributed by atoms with E-state index in [0.29, 0.717) is 22.6 Å². The van der Waals surface area contributed by atoms with Crippen LogP contribution in [0.2, 0.25) is 0 Å². The smallest absolute Gasteiger partial charge is 0.264 e. The quantitative estimate of drug-likeness (QED) is 0.506. The summed E-state index contributed by atoms with van der Waals surface area (Å²) in [7, 11) is -3.86. The molecule has 0 radical (unpaired) electrons. The molecule has 35 heavy (non-hydrogen) atoms. The average Bonchev–Trinajstić information content (AvgIpc) is 2.79. The zero-order valence-corrected chi connectivity index (χ0v) is 21.1. The van der Waals surface area contributed by atoms with E-state index in [2.05, 4.69) is 31.8 Å². The normalized spacial score (nSPS) is 16.6. The van der Waals surface area contributed by atoms with Gasteiger partial charge in [0.2, 0.25) is 5.95 Å². The fourth-order valence-corrected chi connectivity index (χ4v) is 5.27. The molecule has 8 nitrogen and oxygen atoms in total. The van der Waals surface area contributed by atoms with Crippen LogP contribution in [0.4, 0.5) is 11.6 Å². The minimum atomic E-state index is -3.86. The fourth-order valence-electron chi connectivity index (χ4n) is 4.32. The first-order chi connectivity index (χ1) is 16.7. The molecule has 0 bridgehead atoms. The van der Waals surface area contributed by atoms with E-state index < -0.39 is 10.0 Å². The Bertz CT molecular complexity index is 1270. The maximum absolute atomic E-state index is 12.7. The standard InChI is InChI=1S/C26H31N5O3S/c1-18-5-4-14-31(16-18)17-21-6-8-22(9-7-21)25(32)29-23-10-12-24(13-11-23)35(33,34)30-26-27-19(2)15-20(3)28-26/h6-13,15,18H,4-5,14,16-17H2,1-3H3,(H,29,32)(H,27,28,30)/t18-/m1/s1. The van der Waals surface area contributed by atoms with Gasteiger partial charge in [0.05, 0.1) is 4.90 Å². The van der Waals surface area contributed by atoms with E-state index in [4.69, 9.17) is 0 Å². The number of hydrogen-bond donors (Lipinski definition) is 2. The highest BCUT2D eigenvalue weighted by atomic mass is 32.2. The van der Waals surface area contributed by atoms with Crippen molar-refractivity contribution in [2.75, 3.05) is 23.1 Å². The Labute approximate surface area is 206 Å². The van der Waals surface area contributed by atoms with Crippen molar-refractivity contribution in [3.8, 4) is 0 Å². The lowest BCUT2D eigenvalue weighted by atomic mass is 9.99. The van der Waals surface area contributed by atoms with E-state index >= 15 is 0 Å². The Balaban J connectivity index is 1.36. The number of likely N-dealkylation sites (tertiary alicyclic amines) is 1. The third kappa shape index (κ3) is 6.64. The molecule has 1 atom stereocenters. The highest BCUT2D eigenvalue weighted by Gasteiger charge is 2.18. The molecule has 1 aliphatic heterocycles. The van der Waals surface area contributed by atoms with E-state index in [1.807, 2.05) is 24.3 Å². The van der Waals surface area contributed by atoms with Crippen molar-refractivity contribution in [3.05, 3.63) is 77.1 Å². The molecule has 0 aliphatic carbocycles. The summed E-state index contributed by atoms with van der Waals surface area (Å²) in [5, 5.41) is 2.82. The number of hydrogen-bond acceptors (Lipinski definition) is 6. The van der Waals surface area contributed by atoms with Crippen LogP contribution in [0.15, 0.2) is 59.5 Å². The first kappa shape index (κ1) is 24.8. The second-order valence-corrected chi connectivity index (χ2v) is 10.9. The van der Waals surface area contributed by atoms with Crippen LogP contribution in [0.3, 0.4) is 0 Å². The Hall–Kier alpha value is -3.30. The molecule has 4 rings (SSSR count). The first-order valence-electron chi connectivity index (χ1n) is 11.8. The van der Waals surface area contributed by atoms with Crippen LogP contribution in [0.1, 0.15) is 47.1 Å². The number of aryl methyl sites for hydroxylation is 2. The van der Waals surface area contributed by atoms with Gasteiger partial charge in [-0.05, 0) is 87.2 Å². The topological polar surface area (TPSA) is 104 Å². The summed E-state index contributed by atoms with van der Waals surface area (Å²) in [6, 6.07) is 15.4. The number of benzene rings is 2. The summed E-state index contributed by atoms with van der Waals surface area (Å²) in [4.78, 5) is 23.4. The van der Waals surface area contributed by atoms with Crippen LogP contribution in [-0.4, -0.2) is 42.3 Å². The molecule has 1 amide bonds.